The minimum absolute atomic E-state index is 0. The van der Waals surface area contributed by atoms with Gasteiger partial charge in [-0.2, -0.15) is 0 Å². The molecule has 7 heteroatoms. The summed E-state index contributed by atoms with van der Waals surface area (Å²) in [6.45, 7) is 7.37. The van der Waals surface area contributed by atoms with Gasteiger partial charge >= 0.3 is 0 Å². The number of nitrogens with one attached hydrogen (secondary N) is 2. The predicted molar refractivity (Wildman–Crippen MR) is 125 cm³/mol. The molecule has 27 heavy (non-hydrogen) atoms. The highest BCUT2D eigenvalue weighted by Gasteiger charge is 2.23. The van der Waals surface area contributed by atoms with E-state index in [9.17, 15) is 0 Å². The average molecular weight is 505 g/mol. The van der Waals surface area contributed by atoms with Gasteiger partial charge in [0.2, 0.25) is 0 Å². The highest BCUT2D eigenvalue weighted by atomic mass is 127. The second kappa shape index (κ2) is 11.8. The number of ether oxygens (including phenoxy) is 1. The maximum absolute atomic E-state index is 6.12. The van der Waals surface area contributed by atoms with Crippen LogP contribution >= 0.6 is 35.6 Å². The van der Waals surface area contributed by atoms with Crippen molar-refractivity contribution >= 4 is 47.2 Å². The van der Waals surface area contributed by atoms with E-state index >= 15 is 0 Å². The number of guanidine groups is 1. The van der Waals surface area contributed by atoms with Crippen molar-refractivity contribution in [2.24, 2.45) is 4.99 Å². The molecule has 0 spiro atoms. The number of benzene rings is 1. The zero-order chi connectivity index (χ0) is 18.2. The maximum atomic E-state index is 6.12. The Kier molecular flexibility index (Phi) is 9.72. The summed E-state index contributed by atoms with van der Waals surface area (Å²) in [5.41, 5.74) is 2.65. The van der Waals surface area contributed by atoms with Crippen molar-refractivity contribution in [3.05, 3.63) is 40.9 Å². The molecule has 2 aliphatic heterocycles. The fraction of sp³-hybridized carbons (Fsp3) is 0.550. The van der Waals surface area contributed by atoms with Gasteiger partial charge in [-0.25, -0.2) is 0 Å². The van der Waals surface area contributed by atoms with Crippen LogP contribution in [0.3, 0.4) is 0 Å². The lowest BCUT2D eigenvalue weighted by molar-refractivity contribution is 0.153. The first kappa shape index (κ1) is 22.3. The molecular formula is C20H30ClIN4O. The van der Waals surface area contributed by atoms with Gasteiger partial charge in [-0.3, -0.25) is 4.99 Å². The highest BCUT2D eigenvalue weighted by molar-refractivity contribution is 14.0. The van der Waals surface area contributed by atoms with Crippen LogP contribution < -0.4 is 15.5 Å². The molecule has 2 aliphatic rings. The first-order valence-electron chi connectivity index (χ1n) is 9.55. The van der Waals surface area contributed by atoms with Gasteiger partial charge in [0.05, 0.1) is 13.2 Å². The monoisotopic (exact) mass is 504 g/mol. The summed E-state index contributed by atoms with van der Waals surface area (Å²) in [6.07, 6.45) is 5.34. The number of halogens is 2. The summed E-state index contributed by atoms with van der Waals surface area (Å²) in [7, 11) is 0. The molecule has 150 valence electrons. The number of aliphatic imine (C=N–C) groups is 1. The average Bonchev–Trinajstić information content (AvgIpc) is 3.11. The lowest BCUT2D eigenvalue weighted by atomic mass is 10.1. The van der Waals surface area contributed by atoms with Crippen LogP contribution in [-0.4, -0.2) is 51.4 Å². The molecule has 0 radical (unpaired) electrons. The molecule has 1 aromatic rings. The van der Waals surface area contributed by atoms with Crippen LogP contribution in [0.25, 0.3) is 0 Å². The smallest absolute Gasteiger partial charge is 0.191 e. The van der Waals surface area contributed by atoms with E-state index in [0.29, 0.717) is 6.04 Å². The van der Waals surface area contributed by atoms with Gasteiger partial charge in [-0.05, 0) is 44.4 Å². The Hall–Kier alpha value is -0.990. The Morgan fingerprint density at radius 1 is 1.41 bits per heavy atom. The first-order valence-corrected chi connectivity index (χ1v) is 9.93. The van der Waals surface area contributed by atoms with Gasteiger partial charge in [0, 0.05) is 42.9 Å². The minimum Gasteiger partial charge on any atom is -0.377 e. The Labute approximate surface area is 184 Å². The van der Waals surface area contributed by atoms with Crippen molar-refractivity contribution in [2.75, 3.05) is 44.3 Å². The van der Waals surface area contributed by atoms with Crippen molar-refractivity contribution in [2.45, 2.75) is 32.2 Å². The molecule has 3 rings (SSSR count). The largest absolute Gasteiger partial charge is 0.377 e. The SMILES string of the molecule is CCNC(=NCCC1=CCOCC1)NC1CCN(c2cccc(Cl)c2)C1.I. The van der Waals surface area contributed by atoms with Gasteiger partial charge in [-0.15, -0.1) is 24.0 Å². The zero-order valence-electron chi connectivity index (χ0n) is 15.9. The molecule has 2 heterocycles. The van der Waals surface area contributed by atoms with Crippen molar-refractivity contribution in [3.63, 3.8) is 0 Å². The Morgan fingerprint density at radius 2 is 2.30 bits per heavy atom. The van der Waals surface area contributed by atoms with Gasteiger partial charge in [0.15, 0.2) is 5.96 Å². The summed E-state index contributed by atoms with van der Waals surface area (Å²) in [5, 5.41) is 7.74. The van der Waals surface area contributed by atoms with E-state index in [4.69, 9.17) is 21.3 Å². The third-order valence-electron chi connectivity index (χ3n) is 4.81. The van der Waals surface area contributed by atoms with E-state index in [1.54, 1.807) is 0 Å². The van der Waals surface area contributed by atoms with E-state index in [1.165, 1.54) is 11.3 Å². The predicted octanol–water partition coefficient (Wildman–Crippen LogP) is 3.83. The molecule has 1 saturated heterocycles. The van der Waals surface area contributed by atoms with Gasteiger partial charge in [-0.1, -0.05) is 29.3 Å². The van der Waals surface area contributed by atoms with Crippen LogP contribution in [0, 0.1) is 0 Å². The lowest BCUT2D eigenvalue weighted by Gasteiger charge is -2.20. The molecule has 1 aromatic carbocycles. The molecule has 0 saturated carbocycles. The molecule has 0 bridgehead atoms. The van der Waals surface area contributed by atoms with E-state index in [2.05, 4.69) is 34.6 Å². The molecule has 0 aliphatic carbocycles. The van der Waals surface area contributed by atoms with Crippen molar-refractivity contribution in [1.82, 2.24) is 10.6 Å². The molecular weight excluding hydrogens is 475 g/mol. The maximum Gasteiger partial charge on any atom is 0.191 e. The summed E-state index contributed by atoms with van der Waals surface area (Å²) < 4.78 is 5.36. The number of anilines is 1. The first-order chi connectivity index (χ1) is 12.7. The summed E-state index contributed by atoms with van der Waals surface area (Å²) in [5.74, 6) is 0.915. The highest BCUT2D eigenvalue weighted by Crippen LogP contribution is 2.23. The zero-order valence-corrected chi connectivity index (χ0v) is 19.0. The van der Waals surface area contributed by atoms with Gasteiger partial charge in [0.1, 0.15) is 0 Å². The van der Waals surface area contributed by atoms with Crippen LogP contribution in [0.2, 0.25) is 5.02 Å². The summed E-state index contributed by atoms with van der Waals surface area (Å²) >= 11 is 6.12. The van der Waals surface area contributed by atoms with Crippen molar-refractivity contribution in [1.29, 1.82) is 0 Å². The fourth-order valence-corrected chi connectivity index (χ4v) is 3.59. The van der Waals surface area contributed by atoms with E-state index in [0.717, 1.165) is 69.6 Å². The van der Waals surface area contributed by atoms with Crippen molar-refractivity contribution in [3.8, 4) is 0 Å². The van der Waals surface area contributed by atoms with Gasteiger partial charge in [0.25, 0.3) is 0 Å². The summed E-state index contributed by atoms with van der Waals surface area (Å²) in [6, 6.07) is 8.48. The molecule has 0 aromatic heterocycles. The van der Waals surface area contributed by atoms with Crippen LogP contribution in [-0.2, 0) is 4.74 Å². The second-order valence-corrected chi connectivity index (χ2v) is 7.19. The fourth-order valence-electron chi connectivity index (χ4n) is 3.40. The van der Waals surface area contributed by atoms with Crippen LogP contribution in [0.5, 0.6) is 0 Å². The number of rotatable bonds is 6. The topological polar surface area (TPSA) is 48.9 Å². The Morgan fingerprint density at radius 3 is 3.04 bits per heavy atom. The third kappa shape index (κ3) is 7.16. The molecule has 1 fully saturated rings. The molecule has 0 amide bonds. The summed E-state index contributed by atoms with van der Waals surface area (Å²) in [4.78, 5) is 7.13. The molecule has 1 atom stereocenters. The normalized spacial score (nSPS) is 20.1. The van der Waals surface area contributed by atoms with Crippen LogP contribution in [0.1, 0.15) is 26.2 Å². The van der Waals surface area contributed by atoms with Crippen LogP contribution in [0.4, 0.5) is 5.69 Å². The Bertz CT molecular complexity index is 653. The molecule has 1 unspecified atom stereocenters. The second-order valence-electron chi connectivity index (χ2n) is 6.75. The third-order valence-corrected chi connectivity index (χ3v) is 5.04. The van der Waals surface area contributed by atoms with Gasteiger partial charge < -0.3 is 20.3 Å². The van der Waals surface area contributed by atoms with Crippen molar-refractivity contribution < 1.29 is 4.74 Å². The van der Waals surface area contributed by atoms with E-state index in [1.807, 2.05) is 18.2 Å². The van der Waals surface area contributed by atoms with E-state index < -0.39 is 0 Å². The quantitative estimate of drug-likeness (QED) is 0.268. The lowest BCUT2D eigenvalue weighted by Crippen LogP contribution is -2.44. The number of hydrogen-bond acceptors (Lipinski definition) is 3. The molecule has 5 nitrogen and oxygen atoms in total. The molecule has 2 N–H and O–H groups in total. The number of nitrogens with zero attached hydrogens (tertiary/aromatic N) is 2. The Balaban J connectivity index is 0.00000261. The van der Waals surface area contributed by atoms with Crippen LogP contribution in [0.15, 0.2) is 40.9 Å². The minimum atomic E-state index is 0. The number of hydrogen-bond donors (Lipinski definition) is 2. The standard InChI is InChI=1S/C20H29ClN4O.HI/c1-2-22-20(23-10-6-16-8-12-26-13-9-16)24-18-7-11-25(15-18)19-5-3-4-17(21)14-19;/h3-5,8,14,18H,2,6-7,9-13,15H2,1H3,(H2,22,23,24);1H. The van der Waals surface area contributed by atoms with E-state index in [-0.39, 0.29) is 24.0 Å².